The molecule has 0 amide bonds. The molecule has 103 valence electrons. The molecule has 0 aliphatic rings. The van der Waals surface area contributed by atoms with Gasteiger partial charge in [-0.05, 0) is 0 Å². The van der Waals surface area contributed by atoms with Gasteiger partial charge in [0.25, 0.3) is 0 Å². The van der Waals surface area contributed by atoms with Gasteiger partial charge in [-0.15, -0.1) is 0 Å². The van der Waals surface area contributed by atoms with E-state index in [0.717, 1.165) is 5.75 Å². The van der Waals surface area contributed by atoms with Crippen molar-refractivity contribution in [3.05, 3.63) is 84.9 Å². The summed E-state index contributed by atoms with van der Waals surface area (Å²) in [4.78, 5) is 0. The van der Waals surface area contributed by atoms with Crippen LogP contribution in [0.3, 0.4) is 0 Å². The zero-order valence-corrected chi connectivity index (χ0v) is 14.1. The van der Waals surface area contributed by atoms with Gasteiger partial charge in [-0.3, -0.25) is 0 Å². The summed E-state index contributed by atoms with van der Waals surface area (Å²) in [5, 5.41) is 0. The van der Waals surface area contributed by atoms with Gasteiger partial charge in [-0.25, -0.2) is 0 Å². The van der Waals surface area contributed by atoms with Crippen molar-refractivity contribution in [2.75, 3.05) is 7.11 Å². The minimum absolute atomic E-state index is 0.935. The van der Waals surface area contributed by atoms with Crippen LogP contribution in [-0.2, 0) is 0 Å². The Hall–Kier alpha value is -2.00. The molecule has 0 unspecified atom stereocenters. The molecule has 0 saturated heterocycles. The van der Waals surface area contributed by atoms with Gasteiger partial charge in [0, 0.05) is 0 Å². The third kappa shape index (κ3) is 3.19. The Labute approximate surface area is 130 Å². The summed E-state index contributed by atoms with van der Waals surface area (Å²) in [5.74, 6) is 0.935. The van der Waals surface area contributed by atoms with Gasteiger partial charge in [0.15, 0.2) is 0 Å². The van der Waals surface area contributed by atoms with Crippen molar-refractivity contribution < 1.29 is 4.74 Å². The van der Waals surface area contributed by atoms with Crippen molar-refractivity contribution in [1.29, 1.82) is 0 Å². The molecule has 0 spiro atoms. The van der Waals surface area contributed by atoms with Gasteiger partial charge in [-0.2, -0.15) is 0 Å². The number of hydrogen-bond acceptors (Lipinski definition) is 1. The zero-order valence-electron chi connectivity index (χ0n) is 12.0. The third-order valence-corrected chi connectivity index (χ3v) is 9.17. The van der Waals surface area contributed by atoms with Crippen LogP contribution < -0.4 is 17.9 Å². The second kappa shape index (κ2) is 6.64. The Morgan fingerprint density at radius 3 is 1.67 bits per heavy atom. The fourth-order valence-electron chi connectivity index (χ4n) is 2.49. The molecule has 1 nitrogen and oxygen atoms in total. The van der Waals surface area contributed by atoms with Crippen LogP contribution in [0.15, 0.2) is 84.9 Å². The molecule has 0 aliphatic carbocycles. The molecule has 0 fully saturated rings. The first-order chi connectivity index (χ1) is 10.4. The second-order valence-electron chi connectivity index (χ2n) is 4.84. The van der Waals surface area contributed by atoms with Gasteiger partial charge < -0.3 is 0 Å². The molecule has 0 heterocycles. The van der Waals surface area contributed by atoms with Gasteiger partial charge in [0.05, 0.1) is 0 Å². The Morgan fingerprint density at radius 1 is 0.619 bits per heavy atom. The SMILES string of the molecule is COc1ccc[c]([Ge]([c]2ccccc2)[c]2ccccc2)c1. The summed E-state index contributed by atoms with van der Waals surface area (Å²) in [7, 11) is 1.73. The maximum atomic E-state index is 5.40. The molecule has 0 aliphatic heterocycles. The van der Waals surface area contributed by atoms with Crippen molar-refractivity contribution in [2.24, 2.45) is 0 Å². The van der Waals surface area contributed by atoms with Gasteiger partial charge in [-0.1, -0.05) is 0 Å². The quantitative estimate of drug-likeness (QED) is 0.665. The summed E-state index contributed by atoms with van der Waals surface area (Å²) in [6.45, 7) is 0. The molecule has 3 rings (SSSR count). The fraction of sp³-hybridized carbons (Fsp3) is 0.0526. The van der Waals surface area contributed by atoms with Gasteiger partial charge >= 0.3 is 130 Å². The van der Waals surface area contributed by atoms with Crippen LogP contribution in [0, 0.1) is 0 Å². The monoisotopic (exact) mass is 335 g/mol. The standard InChI is InChI=1S/C19H17GeO/c1-21-19-14-8-13-18(15-19)20(16-9-4-2-5-10-16)17-11-6-3-7-12-17/h2-15H,1H3. The zero-order chi connectivity index (χ0) is 14.5. The Kier molecular flexibility index (Phi) is 4.41. The number of ether oxygens (including phenoxy) is 1. The molecule has 0 atom stereocenters. The predicted molar refractivity (Wildman–Crippen MR) is 90.5 cm³/mol. The summed E-state index contributed by atoms with van der Waals surface area (Å²) >= 11 is -1.76. The van der Waals surface area contributed by atoms with E-state index in [9.17, 15) is 0 Å². The first kappa shape index (κ1) is 14.0. The summed E-state index contributed by atoms with van der Waals surface area (Å²) in [5.41, 5.74) is 0. The topological polar surface area (TPSA) is 9.23 Å². The van der Waals surface area contributed by atoms with Crippen molar-refractivity contribution in [3.8, 4) is 5.75 Å². The maximum absolute atomic E-state index is 5.40. The number of hydrogen-bond donors (Lipinski definition) is 0. The van der Waals surface area contributed by atoms with Crippen LogP contribution in [0.1, 0.15) is 0 Å². The van der Waals surface area contributed by atoms with E-state index in [2.05, 4.69) is 78.9 Å². The first-order valence-corrected chi connectivity index (χ1v) is 10.2. The average Bonchev–Trinajstić information content (AvgIpc) is 2.57. The van der Waals surface area contributed by atoms with Crippen molar-refractivity contribution >= 4 is 27.5 Å². The van der Waals surface area contributed by atoms with Gasteiger partial charge in [0.1, 0.15) is 0 Å². The Balaban J connectivity index is 2.12. The van der Waals surface area contributed by atoms with Crippen LogP contribution in [0.5, 0.6) is 5.75 Å². The molecule has 2 heteroatoms. The molecule has 21 heavy (non-hydrogen) atoms. The van der Waals surface area contributed by atoms with Crippen molar-refractivity contribution in [2.45, 2.75) is 0 Å². The van der Waals surface area contributed by atoms with E-state index in [-0.39, 0.29) is 0 Å². The van der Waals surface area contributed by atoms with Crippen molar-refractivity contribution in [1.82, 2.24) is 0 Å². The molecular formula is C19H17GeO. The van der Waals surface area contributed by atoms with E-state index in [1.54, 1.807) is 7.11 Å². The van der Waals surface area contributed by atoms with E-state index in [0.29, 0.717) is 0 Å². The van der Waals surface area contributed by atoms with Crippen LogP contribution in [0.25, 0.3) is 0 Å². The predicted octanol–water partition coefficient (Wildman–Crippen LogP) is 2.21. The molecular weight excluding hydrogens is 317 g/mol. The third-order valence-electron chi connectivity index (χ3n) is 3.48. The summed E-state index contributed by atoms with van der Waals surface area (Å²) in [6.07, 6.45) is 0. The summed E-state index contributed by atoms with van der Waals surface area (Å²) in [6, 6.07) is 30.2. The van der Waals surface area contributed by atoms with Crippen LogP contribution in [-0.4, -0.2) is 21.5 Å². The molecule has 0 N–H and O–H groups in total. The number of methoxy groups -OCH3 is 1. The van der Waals surface area contributed by atoms with Crippen LogP contribution in [0.2, 0.25) is 0 Å². The molecule has 0 saturated carbocycles. The minimum atomic E-state index is -1.76. The second-order valence-corrected chi connectivity index (χ2v) is 10.0. The normalized spacial score (nSPS) is 10.6. The first-order valence-electron chi connectivity index (χ1n) is 7.01. The van der Waals surface area contributed by atoms with E-state index >= 15 is 0 Å². The van der Waals surface area contributed by atoms with Gasteiger partial charge in [0.2, 0.25) is 0 Å². The average molecular weight is 334 g/mol. The number of benzene rings is 3. The molecule has 3 aromatic rings. The molecule has 0 bridgehead atoms. The molecule has 3 aromatic carbocycles. The number of rotatable bonds is 4. The van der Waals surface area contributed by atoms with Crippen molar-refractivity contribution in [3.63, 3.8) is 0 Å². The Bertz CT molecular complexity index is 656. The molecule has 1 radical (unpaired) electrons. The van der Waals surface area contributed by atoms with E-state index < -0.39 is 14.3 Å². The van der Waals surface area contributed by atoms with E-state index in [1.807, 2.05) is 6.07 Å². The van der Waals surface area contributed by atoms with Crippen LogP contribution in [0.4, 0.5) is 0 Å². The molecule has 0 aromatic heterocycles. The Morgan fingerprint density at radius 2 is 1.14 bits per heavy atom. The van der Waals surface area contributed by atoms with E-state index in [4.69, 9.17) is 4.74 Å². The van der Waals surface area contributed by atoms with Crippen LogP contribution >= 0.6 is 0 Å². The summed E-state index contributed by atoms with van der Waals surface area (Å²) < 4.78 is 9.72. The fourth-order valence-corrected chi connectivity index (χ4v) is 7.95. The van der Waals surface area contributed by atoms with E-state index in [1.165, 1.54) is 13.2 Å².